The molecule has 0 aliphatic carbocycles. The second-order valence-corrected chi connectivity index (χ2v) is 3.54. The Kier molecular flexibility index (Phi) is 4.75. The first-order valence-corrected chi connectivity index (χ1v) is 5.02. The van der Waals surface area contributed by atoms with E-state index in [4.69, 9.17) is 10.2 Å². The van der Waals surface area contributed by atoms with Gasteiger partial charge in [0.25, 0.3) is 0 Å². The summed E-state index contributed by atoms with van der Waals surface area (Å²) in [6, 6.07) is 6.97. The van der Waals surface area contributed by atoms with Crippen LogP contribution < -0.4 is 10.6 Å². The summed E-state index contributed by atoms with van der Waals surface area (Å²) >= 11 is 0. The molecule has 0 spiro atoms. The molecule has 0 heterocycles. The summed E-state index contributed by atoms with van der Waals surface area (Å²) in [7, 11) is 0. The molecule has 88 valence electrons. The molecule has 2 amide bonds. The van der Waals surface area contributed by atoms with Gasteiger partial charge >= 0.3 is 6.03 Å². The number of urea groups is 1. The molecule has 5 heteroatoms. The number of nitrogens with one attached hydrogen (secondary N) is 2. The Morgan fingerprint density at radius 1 is 1.50 bits per heavy atom. The van der Waals surface area contributed by atoms with Crippen molar-refractivity contribution >= 4 is 11.7 Å². The number of amides is 2. The van der Waals surface area contributed by atoms with Crippen molar-refractivity contribution in [2.75, 3.05) is 18.5 Å². The molecular weight excluding hydrogens is 208 g/mol. The molecule has 0 saturated heterocycles. The van der Waals surface area contributed by atoms with Gasteiger partial charge in [-0.15, -0.1) is 0 Å². The Balaban J connectivity index is 2.40. The van der Waals surface area contributed by atoms with E-state index in [1.54, 1.807) is 6.07 Å². The fraction of sp³-hybridized carbons (Fsp3) is 0.364. The molecule has 0 aliphatic rings. The van der Waals surface area contributed by atoms with Crippen molar-refractivity contribution in [1.82, 2.24) is 5.32 Å². The normalized spacial score (nSPS) is 11.9. The van der Waals surface area contributed by atoms with E-state index in [1.807, 2.05) is 25.1 Å². The summed E-state index contributed by atoms with van der Waals surface area (Å²) in [6.07, 6.45) is -0.928. The minimum Gasteiger partial charge on any atom is -0.394 e. The van der Waals surface area contributed by atoms with Crippen molar-refractivity contribution in [3.8, 4) is 0 Å². The van der Waals surface area contributed by atoms with E-state index in [2.05, 4.69) is 10.6 Å². The molecule has 0 aromatic heterocycles. The molecule has 1 aromatic rings. The van der Waals surface area contributed by atoms with Crippen LogP contribution in [0.4, 0.5) is 10.5 Å². The average molecular weight is 224 g/mol. The number of carbonyl (C=O) groups is 1. The maximum Gasteiger partial charge on any atom is 0.319 e. The van der Waals surface area contributed by atoms with Crippen molar-refractivity contribution in [3.05, 3.63) is 29.8 Å². The Morgan fingerprint density at radius 3 is 2.88 bits per heavy atom. The highest BCUT2D eigenvalue weighted by atomic mass is 16.3. The minimum atomic E-state index is -0.928. The van der Waals surface area contributed by atoms with Crippen LogP contribution in [0.15, 0.2) is 24.3 Å². The van der Waals surface area contributed by atoms with Crippen LogP contribution in [0.5, 0.6) is 0 Å². The zero-order valence-electron chi connectivity index (χ0n) is 9.10. The van der Waals surface area contributed by atoms with Crippen LogP contribution >= 0.6 is 0 Å². The first-order valence-electron chi connectivity index (χ1n) is 5.02. The molecule has 16 heavy (non-hydrogen) atoms. The molecule has 0 saturated carbocycles. The highest BCUT2D eigenvalue weighted by Crippen LogP contribution is 2.08. The summed E-state index contributed by atoms with van der Waals surface area (Å²) in [6.45, 7) is 1.58. The number of aryl methyl sites for hydroxylation is 1. The quantitative estimate of drug-likeness (QED) is 0.600. The van der Waals surface area contributed by atoms with E-state index in [9.17, 15) is 4.79 Å². The molecule has 5 nitrogen and oxygen atoms in total. The van der Waals surface area contributed by atoms with Gasteiger partial charge in [0.2, 0.25) is 0 Å². The van der Waals surface area contributed by atoms with Crippen molar-refractivity contribution in [2.24, 2.45) is 0 Å². The third-order valence-electron chi connectivity index (χ3n) is 1.98. The van der Waals surface area contributed by atoms with Gasteiger partial charge < -0.3 is 20.8 Å². The van der Waals surface area contributed by atoms with Crippen LogP contribution in [0.1, 0.15) is 5.56 Å². The smallest absolute Gasteiger partial charge is 0.319 e. The molecular formula is C11H16N2O3. The van der Waals surface area contributed by atoms with Crippen LogP contribution in [-0.2, 0) is 0 Å². The van der Waals surface area contributed by atoms with E-state index < -0.39 is 12.1 Å². The topological polar surface area (TPSA) is 81.6 Å². The fourth-order valence-corrected chi connectivity index (χ4v) is 1.17. The van der Waals surface area contributed by atoms with Gasteiger partial charge in [-0.3, -0.25) is 0 Å². The summed E-state index contributed by atoms with van der Waals surface area (Å²) in [5.41, 5.74) is 1.74. The van der Waals surface area contributed by atoms with Crippen LogP contribution in [0.3, 0.4) is 0 Å². The molecule has 0 aliphatic heterocycles. The van der Waals surface area contributed by atoms with Gasteiger partial charge in [-0.25, -0.2) is 4.79 Å². The third-order valence-corrected chi connectivity index (χ3v) is 1.98. The van der Waals surface area contributed by atoms with Gasteiger partial charge in [0.15, 0.2) is 0 Å². The number of hydrogen-bond donors (Lipinski definition) is 4. The Labute approximate surface area is 94.1 Å². The lowest BCUT2D eigenvalue weighted by Gasteiger charge is -2.10. The summed E-state index contributed by atoms with van der Waals surface area (Å²) in [4.78, 5) is 11.3. The van der Waals surface area contributed by atoms with E-state index in [0.29, 0.717) is 5.69 Å². The highest BCUT2D eigenvalue weighted by molar-refractivity contribution is 5.89. The molecule has 0 bridgehead atoms. The van der Waals surface area contributed by atoms with E-state index in [1.165, 1.54) is 0 Å². The zero-order chi connectivity index (χ0) is 12.0. The fourth-order valence-electron chi connectivity index (χ4n) is 1.17. The van der Waals surface area contributed by atoms with Crippen molar-refractivity contribution < 1.29 is 15.0 Å². The first-order chi connectivity index (χ1) is 7.61. The Morgan fingerprint density at radius 2 is 2.25 bits per heavy atom. The largest absolute Gasteiger partial charge is 0.394 e. The maximum absolute atomic E-state index is 11.3. The van der Waals surface area contributed by atoms with Gasteiger partial charge in [0.1, 0.15) is 0 Å². The standard InChI is InChI=1S/C11H16N2O3/c1-8-3-2-4-9(5-8)13-11(16)12-6-10(15)7-14/h2-5,10,14-15H,6-7H2,1H3,(H2,12,13,16). The lowest BCUT2D eigenvalue weighted by molar-refractivity contribution is 0.0965. The predicted molar refractivity (Wildman–Crippen MR) is 61.3 cm³/mol. The molecule has 1 atom stereocenters. The molecule has 1 unspecified atom stereocenters. The number of carbonyl (C=O) groups excluding carboxylic acids is 1. The Hall–Kier alpha value is -1.59. The molecule has 4 N–H and O–H groups in total. The summed E-state index contributed by atoms with van der Waals surface area (Å²) in [5.74, 6) is 0. The van der Waals surface area contributed by atoms with Gasteiger partial charge in [-0.1, -0.05) is 12.1 Å². The number of anilines is 1. The van der Waals surface area contributed by atoms with Gasteiger partial charge in [-0.05, 0) is 24.6 Å². The van der Waals surface area contributed by atoms with E-state index >= 15 is 0 Å². The second-order valence-electron chi connectivity index (χ2n) is 3.54. The van der Waals surface area contributed by atoms with Crippen molar-refractivity contribution in [1.29, 1.82) is 0 Å². The van der Waals surface area contributed by atoms with Gasteiger partial charge in [-0.2, -0.15) is 0 Å². The van der Waals surface area contributed by atoms with Gasteiger partial charge in [0.05, 0.1) is 12.7 Å². The molecule has 1 aromatic carbocycles. The van der Waals surface area contributed by atoms with Gasteiger partial charge in [0, 0.05) is 12.2 Å². The number of aliphatic hydroxyl groups is 2. The van der Waals surface area contributed by atoms with Crippen LogP contribution in [0.25, 0.3) is 0 Å². The van der Waals surface area contributed by atoms with Crippen molar-refractivity contribution in [2.45, 2.75) is 13.0 Å². The average Bonchev–Trinajstić information content (AvgIpc) is 2.26. The number of benzene rings is 1. The predicted octanol–water partition coefficient (Wildman–Crippen LogP) is 0.470. The maximum atomic E-state index is 11.3. The molecule has 1 rings (SSSR count). The van der Waals surface area contributed by atoms with Crippen LogP contribution in [0, 0.1) is 6.92 Å². The van der Waals surface area contributed by atoms with Crippen molar-refractivity contribution in [3.63, 3.8) is 0 Å². The summed E-state index contributed by atoms with van der Waals surface area (Å²) in [5, 5.41) is 22.6. The number of hydrogen-bond acceptors (Lipinski definition) is 3. The molecule has 0 fully saturated rings. The SMILES string of the molecule is Cc1cccc(NC(=O)NCC(O)CO)c1. The van der Waals surface area contributed by atoms with E-state index in [0.717, 1.165) is 5.56 Å². The summed E-state index contributed by atoms with van der Waals surface area (Å²) < 4.78 is 0. The third kappa shape index (κ3) is 4.29. The Bertz CT molecular complexity index is 355. The highest BCUT2D eigenvalue weighted by Gasteiger charge is 2.05. The second kappa shape index (κ2) is 6.09. The first kappa shape index (κ1) is 12.5. The van der Waals surface area contributed by atoms with E-state index in [-0.39, 0.29) is 13.2 Å². The zero-order valence-corrected chi connectivity index (χ0v) is 9.10. The monoisotopic (exact) mass is 224 g/mol. The van der Waals surface area contributed by atoms with Crippen LogP contribution in [-0.4, -0.2) is 35.5 Å². The lowest BCUT2D eigenvalue weighted by Crippen LogP contribution is -2.36. The minimum absolute atomic E-state index is 0.0220. The van der Waals surface area contributed by atoms with Crippen LogP contribution in [0.2, 0.25) is 0 Å². The number of rotatable bonds is 4. The molecule has 0 radical (unpaired) electrons. The lowest BCUT2D eigenvalue weighted by atomic mass is 10.2. The number of aliphatic hydroxyl groups excluding tert-OH is 2.